The van der Waals surface area contributed by atoms with E-state index in [1.807, 2.05) is 13.8 Å². The molecule has 1 amide bonds. The maximum absolute atomic E-state index is 12.0. The fourth-order valence-electron chi connectivity index (χ4n) is 2.11. The average Bonchev–Trinajstić information content (AvgIpc) is 2.83. The topological polar surface area (TPSA) is 128 Å². The normalized spacial score (nSPS) is 12.8. The molecule has 2 heterocycles. The van der Waals surface area contributed by atoms with Crippen LogP contribution in [0.5, 0.6) is 0 Å². The highest BCUT2D eigenvalue weighted by Gasteiger charge is 2.21. The van der Waals surface area contributed by atoms with Crippen LogP contribution >= 0.6 is 0 Å². The molecule has 0 spiro atoms. The predicted molar refractivity (Wildman–Crippen MR) is 78.0 cm³/mol. The maximum Gasteiger partial charge on any atom is 0.332 e. The van der Waals surface area contributed by atoms with Gasteiger partial charge in [0.25, 0.3) is 5.56 Å². The van der Waals surface area contributed by atoms with Crippen molar-refractivity contribution in [3.05, 3.63) is 20.8 Å². The number of nitrogens with zero attached hydrogens (tertiary/aromatic N) is 3. The van der Waals surface area contributed by atoms with Crippen molar-refractivity contribution >= 4 is 23.0 Å². The number of aromatic nitrogens is 4. The number of primary amides is 1. The molecule has 9 heteroatoms. The zero-order valence-electron chi connectivity index (χ0n) is 12.3. The zero-order valence-corrected chi connectivity index (χ0v) is 12.3. The van der Waals surface area contributed by atoms with Crippen molar-refractivity contribution in [2.24, 2.45) is 25.7 Å². The number of hydrogen-bond donors (Lipinski definition) is 3. The van der Waals surface area contributed by atoms with Gasteiger partial charge in [-0.25, -0.2) is 4.79 Å². The first-order valence-corrected chi connectivity index (χ1v) is 6.45. The van der Waals surface area contributed by atoms with Gasteiger partial charge in [-0.15, -0.1) is 0 Å². The molecule has 1 atom stereocenters. The Kier molecular flexibility index (Phi) is 3.58. The van der Waals surface area contributed by atoms with Gasteiger partial charge in [-0.1, -0.05) is 13.8 Å². The minimum absolute atomic E-state index is 0.0534. The molecule has 0 aliphatic heterocycles. The van der Waals surface area contributed by atoms with Crippen molar-refractivity contribution in [1.82, 2.24) is 19.1 Å². The third-order valence-corrected chi connectivity index (χ3v) is 3.36. The fraction of sp³-hybridized carbons (Fsp3) is 0.500. The number of carbonyl (C=O) groups excluding carboxylic acids is 1. The monoisotopic (exact) mass is 294 g/mol. The molecule has 0 bridgehead atoms. The number of amides is 1. The van der Waals surface area contributed by atoms with E-state index >= 15 is 0 Å². The molecule has 4 N–H and O–H groups in total. The Morgan fingerprint density at radius 2 is 1.90 bits per heavy atom. The number of anilines is 1. The highest BCUT2D eigenvalue weighted by atomic mass is 16.2. The van der Waals surface area contributed by atoms with E-state index in [1.54, 1.807) is 0 Å². The van der Waals surface area contributed by atoms with Crippen LogP contribution < -0.4 is 22.3 Å². The van der Waals surface area contributed by atoms with Gasteiger partial charge in [0.1, 0.15) is 6.04 Å². The molecule has 2 aromatic rings. The summed E-state index contributed by atoms with van der Waals surface area (Å²) in [5, 5.41) is 2.86. The number of imidazole rings is 1. The second kappa shape index (κ2) is 5.08. The van der Waals surface area contributed by atoms with Gasteiger partial charge in [0.15, 0.2) is 11.2 Å². The third-order valence-electron chi connectivity index (χ3n) is 3.36. The van der Waals surface area contributed by atoms with Crippen LogP contribution in [-0.4, -0.2) is 31.1 Å². The SMILES string of the molecule is CC(C)C(Nc1nc2c([nH]1)c(=O)n(C)c(=O)n2C)C(N)=O. The Labute approximate surface area is 119 Å². The second-order valence-corrected chi connectivity index (χ2v) is 5.26. The van der Waals surface area contributed by atoms with E-state index in [-0.39, 0.29) is 23.0 Å². The Bertz CT molecular complexity index is 813. The number of nitrogens with one attached hydrogen (secondary N) is 2. The molecule has 2 aromatic heterocycles. The van der Waals surface area contributed by atoms with E-state index in [2.05, 4.69) is 15.3 Å². The summed E-state index contributed by atoms with van der Waals surface area (Å²) in [7, 11) is 2.90. The van der Waals surface area contributed by atoms with Crippen molar-refractivity contribution in [2.75, 3.05) is 5.32 Å². The van der Waals surface area contributed by atoms with E-state index in [9.17, 15) is 14.4 Å². The zero-order chi connectivity index (χ0) is 15.9. The molecule has 9 nitrogen and oxygen atoms in total. The van der Waals surface area contributed by atoms with Crippen molar-refractivity contribution in [1.29, 1.82) is 0 Å². The van der Waals surface area contributed by atoms with E-state index in [1.165, 1.54) is 18.7 Å². The lowest BCUT2D eigenvalue weighted by atomic mass is 10.0. The number of rotatable bonds is 4. The largest absolute Gasteiger partial charge is 0.368 e. The van der Waals surface area contributed by atoms with Gasteiger partial charge in [-0.3, -0.25) is 18.7 Å². The Morgan fingerprint density at radius 3 is 2.43 bits per heavy atom. The summed E-state index contributed by atoms with van der Waals surface area (Å²) < 4.78 is 2.24. The first-order chi connectivity index (χ1) is 9.73. The number of aromatic amines is 1. The summed E-state index contributed by atoms with van der Waals surface area (Å²) in [6.45, 7) is 3.67. The summed E-state index contributed by atoms with van der Waals surface area (Å²) in [6.07, 6.45) is 0. The second-order valence-electron chi connectivity index (χ2n) is 5.26. The van der Waals surface area contributed by atoms with Crippen LogP contribution in [0.15, 0.2) is 9.59 Å². The van der Waals surface area contributed by atoms with Crippen molar-refractivity contribution in [2.45, 2.75) is 19.9 Å². The van der Waals surface area contributed by atoms with Gasteiger partial charge in [0.2, 0.25) is 11.9 Å². The van der Waals surface area contributed by atoms with Crippen LogP contribution in [-0.2, 0) is 18.9 Å². The molecular formula is C12H18N6O3. The van der Waals surface area contributed by atoms with Crippen LogP contribution in [0.1, 0.15) is 13.8 Å². The van der Waals surface area contributed by atoms with E-state index in [0.717, 1.165) is 4.57 Å². The first-order valence-electron chi connectivity index (χ1n) is 6.45. The molecule has 0 saturated carbocycles. The number of nitrogens with two attached hydrogens (primary N) is 1. The van der Waals surface area contributed by atoms with Gasteiger partial charge in [0, 0.05) is 14.1 Å². The molecular weight excluding hydrogens is 276 g/mol. The highest BCUT2D eigenvalue weighted by molar-refractivity contribution is 5.83. The molecule has 0 saturated heterocycles. The standard InChI is InChI=1S/C12H18N6O3/c1-5(2)6(8(13)19)14-11-15-7-9(16-11)17(3)12(21)18(4)10(7)20/h5-6H,1-4H3,(H2,13,19)(H2,14,15,16). The predicted octanol–water partition coefficient (Wildman–Crippen LogP) is -1.12. The number of aryl methyl sites for hydroxylation is 1. The van der Waals surface area contributed by atoms with Gasteiger partial charge in [-0.2, -0.15) is 4.98 Å². The molecule has 0 fully saturated rings. The molecule has 114 valence electrons. The minimum Gasteiger partial charge on any atom is -0.368 e. The molecule has 0 aliphatic carbocycles. The van der Waals surface area contributed by atoms with Crippen LogP contribution in [0.4, 0.5) is 5.95 Å². The lowest BCUT2D eigenvalue weighted by Gasteiger charge is -2.17. The smallest absolute Gasteiger partial charge is 0.332 e. The fourth-order valence-corrected chi connectivity index (χ4v) is 2.11. The van der Waals surface area contributed by atoms with Gasteiger partial charge < -0.3 is 16.0 Å². The minimum atomic E-state index is -0.633. The van der Waals surface area contributed by atoms with Gasteiger partial charge in [0.05, 0.1) is 0 Å². The summed E-state index contributed by atoms with van der Waals surface area (Å²) >= 11 is 0. The Hall–Kier alpha value is -2.58. The van der Waals surface area contributed by atoms with Crippen LogP contribution in [0.3, 0.4) is 0 Å². The number of hydrogen-bond acceptors (Lipinski definition) is 5. The molecule has 0 radical (unpaired) electrons. The van der Waals surface area contributed by atoms with Crippen molar-refractivity contribution in [3.63, 3.8) is 0 Å². The van der Waals surface area contributed by atoms with Crippen LogP contribution in [0, 0.1) is 5.92 Å². The number of carbonyl (C=O) groups is 1. The summed E-state index contributed by atoms with van der Waals surface area (Å²) in [5.41, 5.74) is 4.78. The quantitative estimate of drug-likeness (QED) is 0.658. The van der Waals surface area contributed by atoms with Crippen molar-refractivity contribution < 1.29 is 4.79 Å². The van der Waals surface area contributed by atoms with E-state index in [4.69, 9.17) is 5.73 Å². The maximum atomic E-state index is 12.0. The lowest BCUT2D eigenvalue weighted by molar-refractivity contribution is -0.119. The van der Waals surface area contributed by atoms with Crippen LogP contribution in [0.25, 0.3) is 11.2 Å². The molecule has 0 aliphatic rings. The summed E-state index contributed by atoms with van der Waals surface area (Å²) in [5.74, 6) is -0.351. The molecule has 2 rings (SSSR count). The van der Waals surface area contributed by atoms with E-state index < -0.39 is 23.2 Å². The average molecular weight is 294 g/mol. The number of H-pyrrole nitrogens is 1. The summed E-state index contributed by atoms with van der Waals surface area (Å²) in [4.78, 5) is 42.2. The Balaban J connectivity index is 2.57. The molecule has 21 heavy (non-hydrogen) atoms. The molecule has 0 aromatic carbocycles. The first kappa shape index (κ1) is 14.8. The highest BCUT2D eigenvalue weighted by Crippen LogP contribution is 2.12. The lowest BCUT2D eigenvalue weighted by Crippen LogP contribution is -2.39. The van der Waals surface area contributed by atoms with Crippen LogP contribution in [0.2, 0.25) is 0 Å². The third kappa shape index (κ3) is 2.41. The van der Waals surface area contributed by atoms with Gasteiger partial charge in [-0.05, 0) is 5.92 Å². The van der Waals surface area contributed by atoms with Crippen molar-refractivity contribution in [3.8, 4) is 0 Å². The Morgan fingerprint density at radius 1 is 1.29 bits per heavy atom. The summed E-state index contributed by atoms with van der Waals surface area (Å²) in [6, 6.07) is -0.633. The van der Waals surface area contributed by atoms with Gasteiger partial charge >= 0.3 is 5.69 Å². The van der Waals surface area contributed by atoms with E-state index in [0.29, 0.717) is 0 Å². The molecule has 1 unspecified atom stereocenters. The number of fused-ring (bicyclic) bond motifs is 1.